The molecular weight excluding hydrogens is 407 g/mol. The molecule has 6 nitrogen and oxygen atoms in total. The first kappa shape index (κ1) is 20.2. The molecule has 0 fully saturated rings. The molecular formula is C25H23FN4O2. The Morgan fingerprint density at radius 1 is 1.22 bits per heavy atom. The van der Waals surface area contributed by atoms with Crippen LogP contribution in [0, 0.1) is 18.7 Å². The fourth-order valence-corrected chi connectivity index (χ4v) is 4.57. The number of carbonyl (C=O) groups is 1. The molecule has 5 rings (SSSR count). The van der Waals surface area contributed by atoms with Crippen LogP contribution >= 0.6 is 0 Å². The molecule has 2 heterocycles. The SMILES string of the molecule is Cc1nccn1CC1CCc2c(c3ccccc3n2C)/C1=N/OC(=O)c1ccccc1F. The lowest BCUT2D eigenvalue weighted by Crippen LogP contribution is -2.28. The van der Waals surface area contributed by atoms with E-state index in [1.807, 2.05) is 32.3 Å². The Labute approximate surface area is 184 Å². The van der Waals surface area contributed by atoms with E-state index in [0.29, 0.717) is 12.3 Å². The van der Waals surface area contributed by atoms with E-state index in [2.05, 4.69) is 31.4 Å². The highest BCUT2D eigenvalue weighted by Gasteiger charge is 2.32. The minimum absolute atomic E-state index is 0.0228. The Kier molecular flexibility index (Phi) is 5.09. The quantitative estimate of drug-likeness (QED) is 0.350. The topological polar surface area (TPSA) is 61.4 Å². The van der Waals surface area contributed by atoms with Gasteiger partial charge in [-0.15, -0.1) is 0 Å². The van der Waals surface area contributed by atoms with Gasteiger partial charge in [-0.3, -0.25) is 0 Å². The lowest BCUT2D eigenvalue weighted by molar-refractivity contribution is 0.0508. The van der Waals surface area contributed by atoms with Gasteiger partial charge in [0.1, 0.15) is 11.6 Å². The maximum atomic E-state index is 14.1. The van der Waals surface area contributed by atoms with Crippen molar-refractivity contribution in [2.24, 2.45) is 18.1 Å². The summed E-state index contributed by atoms with van der Waals surface area (Å²) in [6.07, 6.45) is 5.46. The van der Waals surface area contributed by atoms with E-state index < -0.39 is 11.8 Å². The third-order valence-electron chi connectivity index (χ3n) is 6.26. The fraction of sp³-hybridized carbons (Fsp3) is 0.240. The summed E-state index contributed by atoms with van der Waals surface area (Å²) >= 11 is 0. The summed E-state index contributed by atoms with van der Waals surface area (Å²) in [6.45, 7) is 2.63. The first-order valence-electron chi connectivity index (χ1n) is 10.6. The standard InChI is InChI=1S/C25H23FN4O2/c1-16-27-13-14-30(16)15-17-11-12-22-23(19-8-4-6-10-21(19)29(22)2)24(17)28-32-25(31)18-7-3-5-9-20(18)26/h3-10,13-14,17H,11-12,15H2,1-2H3/b28-24+. The van der Waals surface area contributed by atoms with Crippen molar-refractivity contribution in [2.75, 3.05) is 0 Å². The van der Waals surface area contributed by atoms with Crippen molar-refractivity contribution in [1.29, 1.82) is 0 Å². The Bertz CT molecular complexity index is 1350. The van der Waals surface area contributed by atoms with Crippen LogP contribution in [0.2, 0.25) is 0 Å². The van der Waals surface area contributed by atoms with Gasteiger partial charge in [0.25, 0.3) is 0 Å². The predicted octanol–water partition coefficient (Wildman–Crippen LogP) is 4.65. The molecule has 0 amide bonds. The van der Waals surface area contributed by atoms with Gasteiger partial charge in [-0.25, -0.2) is 14.2 Å². The van der Waals surface area contributed by atoms with E-state index in [1.165, 1.54) is 18.2 Å². The smallest absolute Gasteiger partial charge is 0.347 e. The van der Waals surface area contributed by atoms with Crippen molar-refractivity contribution in [3.63, 3.8) is 0 Å². The van der Waals surface area contributed by atoms with E-state index in [9.17, 15) is 9.18 Å². The van der Waals surface area contributed by atoms with Gasteiger partial charge in [-0.05, 0) is 38.0 Å². The number of imidazole rings is 1. The van der Waals surface area contributed by atoms with Crippen molar-refractivity contribution >= 4 is 22.6 Å². The Balaban J connectivity index is 1.58. The van der Waals surface area contributed by atoms with Crippen molar-refractivity contribution in [3.05, 3.63) is 89.4 Å². The summed E-state index contributed by atoms with van der Waals surface area (Å²) in [5, 5.41) is 5.42. The van der Waals surface area contributed by atoms with Crippen LogP contribution < -0.4 is 0 Å². The molecule has 0 saturated carbocycles. The normalized spacial score (nSPS) is 17.0. The highest BCUT2D eigenvalue weighted by molar-refractivity contribution is 6.14. The number of oxime groups is 1. The van der Waals surface area contributed by atoms with Crippen LogP contribution in [0.3, 0.4) is 0 Å². The molecule has 2 aromatic heterocycles. The van der Waals surface area contributed by atoms with E-state index in [4.69, 9.17) is 4.84 Å². The molecule has 1 aliphatic carbocycles. The largest absolute Gasteiger partial charge is 0.368 e. The van der Waals surface area contributed by atoms with Crippen molar-refractivity contribution in [3.8, 4) is 0 Å². The second kappa shape index (κ2) is 8.07. The second-order valence-corrected chi connectivity index (χ2v) is 8.10. The van der Waals surface area contributed by atoms with E-state index in [1.54, 1.807) is 12.3 Å². The van der Waals surface area contributed by atoms with Gasteiger partial charge in [0.05, 0.1) is 11.3 Å². The van der Waals surface area contributed by atoms with Gasteiger partial charge >= 0.3 is 5.97 Å². The van der Waals surface area contributed by atoms with Crippen molar-refractivity contribution in [2.45, 2.75) is 26.3 Å². The molecule has 0 saturated heterocycles. The summed E-state index contributed by atoms with van der Waals surface area (Å²) in [5.41, 5.74) is 3.84. The van der Waals surface area contributed by atoms with Crippen LogP contribution in [0.4, 0.5) is 4.39 Å². The molecule has 4 aromatic rings. The minimum Gasteiger partial charge on any atom is -0.347 e. The first-order valence-corrected chi connectivity index (χ1v) is 10.6. The van der Waals surface area contributed by atoms with Crippen LogP contribution in [-0.2, 0) is 24.9 Å². The molecule has 0 bridgehead atoms. The number of benzene rings is 2. The predicted molar refractivity (Wildman–Crippen MR) is 120 cm³/mol. The van der Waals surface area contributed by atoms with Crippen molar-refractivity contribution < 1.29 is 14.0 Å². The van der Waals surface area contributed by atoms with E-state index in [0.717, 1.165) is 40.8 Å². The third kappa shape index (κ3) is 3.39. The molecule has 1 atom stereocenters. The van der Waals surface area contributed by atoms with Gasteiger partial charge in [-0.2, -0.15) is 0 Å². The van der Waals surface area contributed by atoms with Crippen LogP contribution in [0.5, 0.6) is 0 Å². The molecule has 1 aliphatic rings. The lowest BCUT2D eigenvalue weighted by atomic mass is 9.84. The Morgan fingerprint density at radius 2 is 2.00 bits per heavy atom. The molecule has 32 heavy (non-hydrogen) atoms. The average Bonchev–Trinajstić information content (AvgIpc) is 3.34. The Morgan fingerprint density at radius 3 is 2.78 bits per heavy atom. The zero-order valence-corrected chi connectivity index (χ0v) is 18.0. The molecule has 7 heteroatoms. The number of aryl methyl sites for hydroxylation is 2. The molecule has 1 unspecified atom stereocenters. The minimum atomic E-state index is -0.805. The monoisotopic (exact) mass is 430 g/mol. The number of carbonyl (C=O) groups excluding carboxylic acids is 1. The summed E-state index contributed by atoms with van der Waals surface area (Å²) in [4.78, 5) is 22.2. The number of rotatable bonds is 4. The fourth-order valence-electron chi connectivity index (χ4n) is 4.57. The molecule has 0 N–H and O–H groups in total. The van der Waals surface area contributed by atoms with Crippen LogP contribution in [-0.4, -0.2) is 25.8 Å². The van der Waals surface area contributed by atoms with Gasteiger partial charge in [0.2, 0.25) is 0 Å². The number of para-hydroxylation sites is 1. The summed E-state index contributed by atoms with van der Waals surface area (Å²) < 4.78 is 18.3. The number of fused-ring (bicyclic) bond motifs is 3. The van der Waals surface area contributed by atoms with Gasteiger partial charge in [-0.1, -0.05) is 35.5 Å². The summed E-state index contributed by atoms with van der Waals surface area (Å²) in [6, 6.07) is 13.9. The summed E-state index contributed by atoms with van der Waals surface area (Å²) in [5.74, 6) is -0.496. The zero-order valence-electron chi connectivity index (χ0n) is 18.0. The Hall–Kier alpha value is -3.74. The zero-order chi connectivity index (χ0) is 22.2. The molecule has 162 valence electrons. The molecule has 2 aromatic carbocycles. The van der Waals surface area contributed by atoms with E-state index in [-0.39, 0.29) is 11.5 Å². The third-order valence-corrected chi connectivity index (χ3v) is 6.26. The highest BCUT2D eigenvalue weighted by Crippen LogP contribution is 2.35. The van der Waals surface area contributed by atoms with E-state index >= 15 is 0 Å². The first-order chi connectivity index (χ1) is 15.5. The van der Waals surface area contributed by atoms with Crippen LogP contribution in [0.1, 0.15) is 33.9 Å². The van der Waals surface area contributed by atoms with Crippen LogP contribution in [0.15, 0.2) is 66.1 Å². The maximum absolute atomic E-state index is 14.1. The van der Waals surface area contributed by atoms with Gasteiger partial charge in [0.15, 0.2) is 0 Å². The number of hydrogen-bond donors (Lipinski definition) is 0. The number of aromatic nitrogens is 3. The number of nitrogens with zero attached hydrogens (tertiary/aromatic N) is 4. The molecule has 0 aliphatic heterocycles. The average molecular weight is 430 g/mol. The molecule has 0 spiro atoms. The number of hydrogen-bond acceptors (Lipinski definition) is 4. The van der Waals surface area contributed by atoms with Gasteiger partial charge in [0, 0.05) is 54.1 Å². The maximum Gasteiger partial charge on any atom is 0.368 e. The van der Waals surface area contributed by atoms with Gasteiger partial charge < -0.3 is 14.0 Å². The highest BCUT2D eigenvalue weighted by atomic mass is 19.1. The van der Waals surface area contributed by atoms with Crippen molar-refractivity contribution in [1.82, 2.24) is 14.1 Å². The lowest BCUT2D eigenvalue weighted by Gasteiger charge is -2.25. The summed E-state index contributed by atoms with van der Waals surface area (Å²) in [7, 11) is 2.05. The second-order valence-electron chi connectivity index (χ2n) is 8.10. The van der Waals surface area contributed by atoms with Crippen LogP contribution in [0.25, 0.3) is 10.9 Å². The number of halogens is 1. The molecule has 0 radical (unpaired) electrons.